The van der Waals surface area contributed by atoms with Crippen molar-refractivity contribution in [3.05, 3.63) is 46.0 Å². The minimum atomic E-state index is -0.443. The van der Waals surface area contributed by atoms with E-state index >= 15 is 0 Å². The summed E-state index contributed by atoms with van der Waals surface area (Å²) in [5, 5.41) is 13.7. The van der Waals surface area contributed by atoms with Crippen LogP contribution in [-0.4, -0.2) is 16.9 Å². The first-order valence-corrected chi connectivity index (χ1v) is 7.29. The summed E-state index contributed by atoms with van der Waals surface area (Å²) in [5.74, 6) is 0.370. The summed E-state index contributed by atoms with van der Waals surface area (Å²) >= 11 is 0. The lowest BCUT2D eigenvalue weighted by Gasteiger charge is -2.29. The van der Waals surface area contributed by atoms with Gasteiger partial charge in [0.1, 0.15) is 0 Å². The molecule has 0 aliphatic heterocycles. The van der Waals surface area contributed by atoms with Crippen molar-refractivity contribution >= 4 is 17.7 Å². The van der Waals surface area contributed by atoms with Crippen molar-refractivity contribution in [2.45, 2.75) is 38.6 Å². The van der Waals surface area contributed by atoms with Crippen LogP contribution in [-0.2, 0) is 4.79 Å². The first-order chi connectivity index (χ1) is 10.1. The van der Waals surface area contributed by atoms with E-state index in [0.29, 0.717) is 11.5 Å². The summed E-state index contributed by atoms with van der Waals surface area (Å²) in [7, 11) is 0. The number of carbonyl (C=O) groups is 1. The summed E-state index contributed by atoms with van der Waals surface area (Å²) in [4.78, 5) is 22.2. The molecule has 1 saturated carbocycles. The topological polar surface area (TPSA) is 72.2 Å². The van der Waals surface area contributed by atoms with E-state index in [0.717, 1.165) is 19.3 Å². The zero-order valence-electron chi connectivity index (χ0n) is 12.1. The standard InChI is InChI=1S/C16H20N2O3/c1-12-5-2-3-8-15(12)17-16(19)10-9-13-6-4-7-14(11-13)18(20)21/h4,6-7,9-12,15H,2-3,5,8H2,1H3,(H,17,19)/b10-9+/t12-,15+/m0/s1. The molecule has 1 fully saturated rings. The summed E-state index contributed by atoms with van der Waals surface area (Å²) < 4.78 is 0. The average Bonchev–Trinajstić information content (AvgIpc) is 2.48. The normalized spacial score (nSPS) is 22.1. The Morgan fingerprint density at radius 1 is 1.38 bits per heavy atom. The van der Waals surface area contributed by atoms with Gasteiger partial charge in [0.05, 0.1) is 4.92 Å². The molecule has 0 bridgehead atoms. The van der Waals surface area contributed by atoms with Gasteiger partial charge in [0.15, 0.2) is 0 Å². The van der Waals surface area contributed by atoms with Crippen molar-refractivity contribution in [3.8, 4) is 0 Å². The maximum atomic E-state index is 11.9. The molecule has 5 nitrogen and oxygen atoms in total. The fraction of sp³-hybridized carbons (Fsp3) is 0.438. The number of nitrogens with zero attached hydrogens (tertiary/aromatic N) is 1. The predicted octanol–water partition coefficient (Wildman–Crippen LogP) is 3.30. The number of hydrogen-bond donors (Lipinski definition) is 1. The van der Waals surface area contributed by atoms with E-state index in [1.165, 1.54) is 24.6 Å². The Morgan fingerprint density at radius 2 is 2.14 bits per heavy atom. The van der Waals surface area contributed by atoms with Gasteiger partial charge >= 0.3 is 0 Å². The number of non-ortho nitro benzene ring substituents is 1. The lowest BCUT2D eigenvalue weighted by atomic mass is 9.86. The number of amides is 1. The van der Waals surface area contributed by atoms with Crippen LogP contribution in [0, 0.1) is 16.0 Å². The molecule has 1 amide bonds. The van der Waals surface area contributed by atoms with Crippen molar-refractivity contribution in [1.29, 1.82) is 0 Å². The van der Waals surface area contributed by atoms with Crippen molar-refractivity contribution in [1.82, 2.24) is 5.32 Å². The Labute approximate surface area is 124 Å². The van der Waals surface area contributed by atoms with E-state index in [1.807, 2.05) is 0 Å². The maximum Gasteiger partial charge on any atom is 0.270 e. The van der Waals surface area contributed by atoms with E-state index in [2.05, 4.69) is 12.2 Å². The highest BCUT2D eigenvalue weighted by atomic mass is 16.6. The second kappa shape index (κ2) is 7.02. The Hall–Kier alpha value is -2.17. The van der Waals surface area contributed by atoms with E-state index in [1.54, 1.807) is 18.2 Å². The van der Waals surface area contributed by atoms with Gasteiger partial charge in [-0.1, -0.05) is 31.9 Å². The monoisotopic (exact) mass is 288 g/mol. The van der Waals surface area contributed by atoms with Gasteiger partial charge in [0.2, 0.25) is 5.91 Å². The number of rotatable bonds is 4. The number of nitro benzene ring substituents is 1. The third-order valence-corrected chi connectivity index (χ3v) is 3.95. The van der Waals surface area contributed by atoms with Gasteiger partial charge in [-0.3, -0.25) is 14.9 Å². The molecule has 1 N–H and O–H groups in total. The average molecular weight is 288 g/mol. The molecular weight excluding hydrogens is 268 g/mol. The van der Waals surface area contributed by atoms with Crippen LogP contribution in [0.3, 0.4) is 0 Å². The second-order valence-corrected chi connectivity index (χ2v) is 5.56. The Morgan fingerprint density at radius 3 is 2.86 bits per heavy atom. The highest BCUT2D eigenvalue weighted by Crippen LogP contribution is 2.23. The number of carbonyl (C=O) groups excluding carboxylic acids is 1. The SMILES string of the molecule is C[C@H]1CCCC[C@H]1NC(=O)/C=C/c1cccc([N+](=O)[O-])c1. The fourth-order valence-corrected chi connectivity index (χ4v) is 2.68. The number of nitro groups is 1. The van der Waals surface area contributed by atoms with Crippen LogP contribution in [0.15, 0.2) is 30.3 Å². The number of benzene rings is 1. The van der Waals surface area contributed by atoms with Gasteiger partial charge in [0, 0.05) is 24.3 Å². The molecule has 0 saturated heterocycles. The van der Waals surface area contributed by atoms with Crippen molar-refractivity contribution in [2.24, 2.45) is 5.92 Å². The van der Waals surface area contributed by atoms with Crippen LogP contribution in [0.25, 0.3) is 6.08 Å². The summed E-state index contributed by atoms with van der Waals surface area (Å²) in [6, 6.07) is 6.47. The molecule has 5 heteroatoms. The highest BCUT2D eigenvalue weighted by Gasteiger charge is 2.21. The molecule has 1 aromatic rings. The second-order valence-electron chi connectivity index (χ2n) is 5.56. The van der Waals surface area contributed by atoms with Crippen LogP contribution in [0.2, 0.25) is 0 Å². The highest BCUT2D eigenvalue weighted by molar-refractivity contribution is 5.92. The van der Waals surface area contributed by atoms with Gasteiger partial charge in [-0.15, -0.1) is 0 Å². The zero-order valence-corrected chi connectivity index (χ0v) is 12.1. The van der Waals surface area contributed by atoms with E-state index < -0.39 is 4.92 Å². The van der Waals surface area contributed by atoms with Crippen molar-refractivity contribution in [3.63, 3.8) is 0 Å². The van der Waals surface area contributed by atoms with Crippen molar-refractivity contribution < 1.29 is 9.72 Å². The van der Waals surface area contributed by atoms with E-state index in [-0.39, 0.29) is 17.6 Å². The largest absolute Gasteiger partial charge is 0.350 e. The molecule has 2 rings (SSSR count). The molecule has 0 spiro atoms. The van der Waals surface area contributed by atoms with Gasteiger partial charge in [-0.25, -0.2) is 0 Å². The van der Waals surface area contributed by atoms with Crippen LogP contribution in [0.4, 0.5) is 5.69 Å². The molecule has 21 heavy (non-hydrogen) atoms. The van der Waals surface area contributed by atoms with E-state index in [9.17, 15) is 14.9 Å². The molecule has 0 unspecified atom stereocenters. The number of hydrogen-bond acceptors (Lipinski definition) is 3. The van der Waals surface area contributed by atoms with Gasteiger partial charge in [0.25, 0.3) is 5.69 Å². The van der Waals surface area contributed by atoms with E-state index in [4.69, 9.17) is 0 Å². The molecule has 1 aromatic carbocycles. The van der Waals surface area contributed by atoms with Crippen LogP contribution in [0.5, 0.6) is 0 Å². The molecule has 0 radical (unpaired) electrons. The molecular formula is C16H20N2O3. The maximum absolute atomic E-state index is 11.9. The van der Waals surface area contributed by atoms with Crippen molar-refractivity contribution in [2.75, 3.05) is 0 Å². The first-order valence-electron chi connectivity index (χ1n) is 7.29. The van der Waals surface area contributed by atoms with Gasteiger partial charge < -0.3 is 5.32 Å². The molecule has 1 aliphatic rings. The third kappa shape index (κ3) is 4.41. The number of nitrogens with one attached hydrogen (secondary N) is 1. The minimum absolute atomic E-state index is 0.0264. The quantitative estimate of drug-likeness (QED) is 0.525. The summed E-state index contributed by atoms with van der Waals surface area (Å²) in [6.07, 6.45) is 7.62. The van der Waals surface area contributed by atoms with Gasteiger partial charge in [-0.2, -0.15) is 0 Å². The lowest BCUT2D eigenvalue weighted by Crippen LogP contribution is -2.40. The molecule has 0 heterocycles. The van der Waals surface area contributed by atoms with Crippen LogP contribution in [0.1, 0.15) is 38.2 Å². The Kier molecular flexibility index (Phi) is 5.09. The predicted molar refractivity (Wildman–Crippen MR) is 81.7 cm³/mol. The van der Waals surface area contributed by atoms with Crippen LogP contribution < -0.4 is 5.32 Å². The lowest BCUT2D eigenvalue weighted by molar-refractivity contribution is -0.384. The molecule has 2 atom stereocenters. The Bertz CT molecular complexity index is 554. The zero-order chi connectivity index (χ0) is 15.2. The smallest absolute Gasteiger partial charge is 0.270 e. The third-order valence-electron chi connectivity index (χ3n) is 3.95. The Balaban J connectivity index is 1.95. The molecule has 0 aromatic heterocycles. The van der Waals surface area contributed by atoms with Gasteiger partial charge in [-0.05, 0) is 30.4 Å². The first kappa shape index (κ1) is 15.2. The summed E-state index contributed by atoms with van der Waals surface area (Å²) in [5.41, 5.74) is 0.675. The van der Waals surface area contributed by atoms with Crippen LogP contribution >= 0.6 is 0 Å². The minimum Gasteiger partial charge on any atom is -0.350 e. The molecule has 1 aliphatic carbocycles. The molecule has 112 valence electrons. The fourth-order valence-electron chi connectivity index (χ4n) is 2.68. The summed E-state index contributed by atoms with van der Waals surface area (Å²) in [6.45, 7) is 2.16.